The summed E-state index contributed by atoms with van der Waals surface area (Å²) in [6.45, 7) is -0.657. The van der Waals surface area contributed by atoms with Crippen molar-refractivity contribution in [3.05, 3.63) is 10.9 Å². The van der Waals surface area contributed by atoms with Crippen LogP contribution in [0, 0.1) is 5.21 Å². The van der Waals surface area contributed by atoms with Gasteiger partial charge in [-0.05, 0) is 4.90 Å². The third-order valence-corrected chi connectivity index (χ3v) is 1.01. The van der Waals surface area contributed by atoms with Gasteiger partial charge in [0.2, 0.25) is 0 Å². The zero-order chi connectivity index (χ0) is 9.14. The second-order valence-electron chi connectivity index (χ2n) is 1.76. The highest BCUT2D eigenvalue weighted by atomic mass is 16.8. The van der Waals surface area contributed by atoms with Crippen molar-refractivity contribution in [3.63, 3.8) is 0 Å². The van der Waals surface area contributed by atoms with Gasteiger partial charge in [-0.1, -0.05) is 0 Å². The van der Waals surface area contributed by atoms with E-state index in [2.05, 4.69) is 20.3 Å². The van der Waals surface area contributed by atoms with Crippen molar-refractivity contribution in [2.75, 3.05) is 0 Å². The average molecular weight is 175 g/mol. The number of aliphatic hydroxyl groups excluding tert-OH is 1. The lowest BCUT2D eigenvalue weighted by Crippen LogP contribution is -2.28. The van der Waals surface area contributed by atoms with Crippen molar-refractivity contribution in [2.24, 2.45) is 5.73 Å². The van der Waals surface area contributed by atoms with E-state index in [4.69, 9.17) is 5.11 Å². The lowest BCUT2D eigenvalue weighted by Gasteiger charge is -1.91. The predicted molar refractivity (Wildman–Crippen MR) is 31.6 cm³/mol. The van der Waals surface area contributed by atoms with Crippen LogP contribution in [0.4, 0.5) is 4.79 Å². The number of nitrogens with two attached hydrogens (primary N) is 1. The van der Waals surface area contributed by atoms with Crippen molar-refractivity contribution < 1.29 is 24.2 Å². The number of hydrogen-bond donors (Lipinski definition) is 2. The van der Waals surface area contributed by atoms with Crippen molar-refractivity contribution >= 4 is 6.09 Å². The molecule has 8 nitrogen and oxygen atoms in total. The summed E-state index contributed by atoms with van der Waals surface area (Å²) in [5.74, 6) is -0.431. The van der Waals surface area contributed by atoms with Gasteiger partial charge in [-0.25, -0.2) is 4.79 Å². The molecule has 1 amide bonds. The quantitative estimate of drug-likeness (QED) is 0.513. The second kappa shape index (κ2) is 3.05. The van der Waals surface area contributed by atoms with Crippen LogP contribution in [0.15, 0.2) is 4.63 Å². The zero-order valence-electron chi connectivity index (χ0n) is 5.76. The van der Waals surface area contributed by atoms with E-state index >= 15 is 0 Å². The van der Waals surface area contributed by atoms with Crippen LogP contribution in [0.2, 0.25) is 0 Å². The molecule has 3 N–H and O–H groups in total. The second-order valence-corrected chi connectivity index (χ2v) is 1.76. The van der Waals surface area contributed by atoms with E-state index in [9.17, 15) is 10.0 Å². The molecule has 0 aliphatic heterocycles. The number of aromatic nitrogens is 2. The normalized spacial score (nSPS) is 9.75. The predicted octanol–water partition coefficient (Wildman–Crippen LogP) is -1.74. The van der Waals surface area contributed by atoms with Gasteiger partial charge in [-0.15, -0.1) is 0 Å². The number of primary amides is 1. The molecule has 0 radical (unpaired) electrons. The van der Waals surface area contributed by atoms with Gasteiger partial charge < -0.3 is 20.8 Å². The van der Waals surface area contributed by atoms with E-state index in [0.717, 1.165) is 0 Å². The number of carbonyl (C=O) groups is 1. The molecule has 0 atom stereocenters. The van der Waals surface area contributed by atoms with Gasteiger partial charge in [-0.3, -0.25) is 4.63 Å². The molecule has 0 spiro atoms. The van der Waals surface area contributed by atoms with E-state index in [1.165, 1.54) is 0 Å². The number of amides is 1. The van der Waals surface area contributed by atoms with Crippen LogP contribution < -0.4 is 15.4 Å². The molecule has 0 unspecified atom stereocenters. The molecule has 1 heterocycles. The number of carbonyl (C=O) groups excluding carboxylic acids is 1. The molecular formula is C4H5N3O5. The molecule has 1 rings (SSSR count). The van der Waals surface area contributed by atoms with E-state index in [1.54, 1.807) is 0 Å². The topological polar surface area (TPSA) is 126 Å². The Bertz CT molecular complexity index is 295. The van der Waals surface area contributed by atoms with E-state index in [0.29, 0.717) is 0 Å². The average Bonchev–Trinajstić information content (AvgIpc) is 2.30. The van der Waals surface area contributed by atoms with Gasteiger partial charge >= 0.3 is 12.0 Å². The molecular weight excluding hydrogens is 170 g/mol. The highest BCUT2D eigenvalue weighted by Gasteiger charge is 2.21. The Morgan fingerprint density at radius 1 is 1.92 bits per heavy atom. The van der Waals surface area contributed by atoms with Crippen LogP contribution in [0.1, 0.15) is 5.69 Å². The van der Waals surface area contributed by atoms with Crippen LogP contribution in [-0.4, -0.2) is 16.4 Å². The van der Waals surface area contributed by atoms with Gasteiger partial charge in [0.25, 0.3) is 5.69 Å². The van der Waals surface area contributed by atoms with Gasteiger partial charge in [0.05, 0.1) is 5.16 Å². The van der Waals surface area contributed by atoms with Crippen molar-refractivity contribution in [2.45, 2.75) is 6.61 Å². The third kappa shape index (κ3) is 1.42. The minimum absolute atomic E-state index is 0.0850. The van der Waals surface area contributed by atoms with Crippen LogP contribution >= 0.6 is 0 Å². The summed E-state index contributed by atoms with van der Waals surface area (Å²) in [6, 6.07) is 0. The fourth-order valence-electron chi connectivity index (χ4n) is 0.552. The van der Waals surface area contributed by atoms with Gasteiger partial charge in [0.1, 0.15) is 6.61 Å². The molecule has 66 valence electrons. The molecule has 0 aliphatic rings. The minimum Gasteiger partial charge on any atom is -0.387 e. The maximum Gasteiger partial charge on any atom is 0.412 e. The lowest BCUT2D eigenvalue weighted by molar-refractivity contribution is -0.809. The summed E-state index contributed by atoms with van der Waals surface area (Å²) in [5.41, 5.74) is 4.31. The number of nitrogens with zero attached hydrogens (tertiary/aromatic N) is 2. The molecule has 0 aromatic carbocycles. The Labute approximate surface area is 65.7 Å². The van der Waals surface area contributed by atoms with Crippen LogP contribution in [0.25, 0.3) is 0 Å². The summed E-state index contributed by atoms with van der Waals surface area (Å²) in [5, 5.41) is 22.1. The number of aliphatic hydroxyl groups is 1. The fraction of sp³-hybridized carbons (Fsp3) is 0.250. The molecule has 1 aromatic rings. The number of hydrogen-bond acceptors (Lipinski definition) is 6. The van der Waals surface area contributed by atoms with E-state index in [-0.39, 0.29) is 10.6 Å². The monoisotopic (exact) mass is 175 g/mol. The zero-order valence-corrected chi connectivity index (χ0v) is 5.76. The first kappa shape index (κ1) is 8.27. The first-order valence-electron chi connectivity index (χ1n) is 2.82. The molecule has 0 saturated heterocycles. The van der Waals surface area contributed by atoms with E-state index in [1.807, 2.05) is 0 Å². The Kier molecular flexibility index (Phi) is 2.10. The molecule has 12 heavy (non-hydrogen) atoms. The molecule has 0 aliphatic carbocycles. The van der Waals surface area contributed by atoms with Gasteiger partial charge in [0, 0.05) is 0 Å². The molecule has 0 fully saturated rings. The minimum atomic E-state index is -1.14. The summed E-state index contributed by atoms with van der Waals surface area (Å²) in [4.78, 5) is 10.1. The Morgan fingerprint density at radius 3 is 3.08 bits per heavy atom. The standard InChI is InChI=1S/C4H5N3O5/c5-4(9)11-3-2(1-8)7(10)12-6-3/h8H,1H2,(H2,5,9). The maximum absolute atomic E-state index is 10.5. The van der Waals surface area contributed by atoms with Gasteiger partial charge in [0.15, 0.2) is 0 Å². The van der Waals surface area contributed by atoms with Crippen LogP contribution in [0.3, 0.4) is 0 Å². The summed E-state index contributed by atoms with van der Waals surface area (Å²) < 4.78 is 8.22. The van der Waals surface area contributed by atoms with E-state index < -0.39 is 18.6 Å². The van der Waals surface area contributed by atoms with Crippen molar-refractivity contribution in [1.82, 2.24) is 5.16 Å². The SMILES string of the molecule is NC(=O)Oc1no[n+]([O-])c1CO. The molecule has 1 aromatic heterocycles. The fourth-order valence-corrected chi connectivity index (χ4v) is 0.552. The first-order chi connectivity index (χ1) is 5.65. The highest BCUT2D eigenvalue weighted by molar-refractivity contribution is 5.67. The Morgan fingerprint density at radius 2 is 2.58 bits per heavy atom. The number of rotatable bonds is 2. The summed E-state index contributed by atoms with van der Waals surface area (Å²) in [6.07, 6.45) is -1.14. The number of ether oxygens (including phenoxy) is 1. The van der Waals surface area contributed by atoms with Crippen LogP contribution in [-0.2, 0) is 6.61 Å². The summed E-state index contributed by atoms with van der Waals surface area (Å²) in [7, 11) is 0. The highest BCUT2D eigenvalue weighted by Crippen LogP contribution is 2.09. The molecule has 8 heteroatoms. The Hall–Kier alpha value is -1.83. The lowest BCUT2D eigenvalue weighted by atomic mass is 10.5. The van der Waals surface area contributed by atoms with Crippen LogP contribution in [0.5, 0.6) is 5.88 Å². The van der Waals surface area contributed by atoms with Crippen molar-refractivity contribution in [3.8, 4) is 5.88 Å². The Balaban J connectivity index is 2.91. The first-order valence-corrected chi connectivity index (χ1v) is 2.82. The third-order valence-electron chi connectivity index (χ3n) is 1.01. The van der Waals surface area contributed by atoms with Crippen molar-refractivity contribution in [1.29, 1.82) is 0 Å². The smallest absolute Gasteiger partial charge is 0.387 e. The summed E-state index contributed by atoms with van der Waals surface area (Å²) >= 11 is 0. The maximum atomic E-state index is 10.5. The molecule has 0 saturated carbocycles. The van der Waals surface area contributed by atoms with Gasteiger partial charge in [-0.2, -0.15) is 0 Å². The largest absolute Gasteiger partial charge is 0.412 e. The molecule has 0 bridgehead atoms.